The molecule has 84 valence electrons. The first-order chi connectivity index (χ1) is 7.06. The quantitative estimate of drug-likeness (QED) is 0.742. The summed E-state index contributed by atoms with van der Waals surface area (Å²) in [5.74, 6) is -0.606. The molecule has 1 N–H and O–H groups in total. The molecule has 15 heavy (non-hydrogen) atoms. The van der Waals surface area contributed by atoms with Crippen molar-refractivity contribution in [3.8, 4) is 0 Å². The van der Waals surface area contributed by atoms with Gasteiger partial charge in [-0.1, -0.05) is 0 Å². The first-order valence-corrected chi connectivity index (χ1v) is 6.46. The fraction of sp³-hybridized carbons (Fsp3) is 0.429. The largest absolute Gasteiger partial charge is 0.465 e. The first-order valence-electron chi connectivity index (χ1n) is 4.10. The Labute approximate surface area is 91.3 Å². The van der Waals surface area contributed by atoms with Crippen molar-refractivity contribution < 1.29 is 17.9 Å². The predicted molar refractivity (Wildman–Crippen MR) is 53.9 cm³/mol. The van der Waals surface area contributed by atoms with E-state index in [2.05, 4.69) is 14.4 Å². The number of rotatable bonds is 5. The molecule has 0 amide bonds. The zero-order valence-corrected chi connectivity index (χ0v) is 9.60. The number of nitrogens with zero attached hydrogens (tertiary/aromatic N) is 1. The van der Waals surface area contributed by atoms with Crippen LogP contribution in [0.5, 0.6) is 0 Å². The van der Waals surface area contributed by atoms with E-state index in [9.17, 15) is 13.2 Å². The molecule has 1 aromatic rings. The van der Waals surface area contributed by atoms with Crippen molar-refractivity contribution in [3.05, 3.63) is 11.7 Å². The smallest absolute Gasteiger partial charge is 0.321 e. The van der Waals surface area contributed by atoms with Crippen LogP contribution in [0.4, 0.5) is 0 Å². The molecule has 0 unspecified atom stereocenters. The lowest BCUT2D eigenvalue weighted by molar-refractivity contribution is -0.141. The molecule has 0 aliphatic carbocycles. The highest BCUT2D eigenvalue weighted by Crippen LogP contribution is 2.12. The topological polar surface area (TPSA) is 85.4 Å². The average Bonchev–Trinajstić information content (AvgIpc) is 2.69. The van der Waals surface area contributed by atoms with E-state index in [-0.39, 0.29) is 17.4 Å². The highest BCUT2D eigenvalue weighted by atomic mass is 32.2. The van der Waals surface area contributed by atoms with Crippen molar-refractivity contribution in [1.29, 1.82) is 0 Å². The zero-order valence-electron chi connectivity index (χ0n) is 7.97. The normalized spacial score (nSPS) is 11.3. The third-order valence-electron chi connectivity index (χ3n) is 1.39. The number of nitrogens with one attached hydrogen (secondary N) is 1. The minimum atomic E-state index is -3.63. The van der Waals surface area contributed by atoms with Crippen LogP contribution in [0.25, 0.3) is 0 Å². The van der Waals surface area contributed by atoms with Crippen molar-refractivity contribution >= 4 is 27.3 Å². The van der Waals surface area contributed by atoms with Crippen LogP contribution in [-0.2, 0) is 19.6 Å². The maximum absolute atomic E-state index is 11.5. The van der Waals surface area contributed by atoms with Gasteiger partial charge in [-0.05, 0) is 6.92 Å². The average molecular weight is 250 g/mol. The number of thiazole rings is 1. The first kappa shape index (κ1) is 12.1. The molecular weight excluding hydrogens is 240 g/mol. The molecule has 0 bridgehead atoms. The number of hydrogen-bond acceptors (Lipinski definition) is 6. The van der Waals surface area contributed by atoms with E-state index in [1.807, 2.05) is 0 Å². The number of sulfonamides is 1. The van der Waals surface area contributed by atoms with Gasteiger partial charge in [0.05, 0.1) is 18.3 Å². The summed E-state index contributed by atoms with van der Waals surface area (Å²) in [7, 11) is -3.63. The highest BCUT2D eigenvalue weighted by Gasteiger charge is 2.17. The summed E-state index contributed by atoms with van der Waals surface area (Å²) in [6.07, 6.45) is 1.22. The maximum atomic E-state index is 11.5. The summed E-state index contributed by atoms with van der Waals surface area (Å²) in [4.78, 5) is 14.5. The predicted octanol–water partition coefficient (Wildman–Crippen LogP) is -0.0155. The summed E-state index contributed by atoms with van der Waals surface area (Å²) in [6, 6.07) is 0. The van der Waals surface area contributed by atoms with Gasteiger partial charge in [0.15, 0.2) is 4.21 Å². The molecule has 0 saturated carbocycles. The Morgan fingerprint density at radius 1 is 1.67 bits per heavy atom. The van der Waals surface area contributed by atoms with E-state index >= 15 is 0 Å². The van der Waals surface area contributed by atoms with Gasteiger partial charge in [-0.2, -0.15) is 4.72 Å². The Morgan fingerprint density at radius 2 is 2.40 bits per heavy atom. The van der Waals surface area contributed by atoms with Crippen LogP contribution in [0.15, 0.2) is 15.9 Å². The molecule has 0 atom stereocenters. The SMILES string of the molecule is CCOC(=O)CNS(=O)(=O)c1cncs1. The molecule has 6 nitrogen and oxygen atoms in total. The lowest BCUT2D eigenvalue weighted by atomic mass is 10.7. The van der Waals surface area contributed by atoms with Crippen LogP contribution in [0.3, 0.4) is 0 Å². The molecule has 0 aliphatic heterocycles. The van der Waals surface area contributed by atoms with E-state index in [1.165, 1.54) is 11.7 Å². The molecule has 0 saturated heterocycles. The minimum Gasteiger partial charge on any atom is -0.465 e. The molecule has 8 heteroatoms. The van der Waals surface area contributed by atoms with Crippen LogP contribution in [0.1, 0.15) is 6.92 Å². The van der Waals surface area contributed by atoms with Crippen molar-refractivity contribution in [2.45, 2.75) is 11.1 Å². The fourth-order valence-corrected chi connectivity index (χ4v) is 2.58. The Hall–Kier alpha value is -0.990. The Balaban J connectivity index is 2.55. The number of esters is 1. The third-order valence-corrected chi connectivity index (χ3v) is 4.06. The second-order valence-corrected chi connectivity index (χ2v) is 5.33. The van der Waals surface area contributed by atoms with E-state index < -0.39 is 16.0 Å². The van der Waals surface area contributed by atoms with E-state index in [4.69, 9.17) is 0 Å². The van der Waals surface area contributed by atoms with E-state index in [0.29, 0.717) is 0 Å². The molecule has 1 heterocycles. The van der Waals surface area contributed by atoms with Crippen molar-refractivity contribution in [3.63, 3.8) is 0 Å². The molecule has 0 radical (unpaired) electrons. The summed E-state index contributed by atoms with van der Waals surface area (Å²) < 4.78 is 29.7. The van der Waals surface area contributed by atoms with E-state index in [1.54, 1.807) is 6.92 Å². The second-order valence-electron chi connectivity index (χ2n) is 2.45. The number of carbonyl (C=O) groups is 1. The highest BCUT2D eigenvalue weighted by molar-refractivity contribution is 7.91. The van der Waals surface area contributed by atoms with Crippen LogP contribution >= 0.6 is 11.3 Å². The summed E-state index contributed by atoms with van der Waals surface area (Å²) in [5.41, 5.74) is 1.40. The maximum Gasteiger partial charge on any atom is 0.321 e. The van der Waals surface area contributed by atoms with Gasteiger partial charge in [0.25, 0.3) is 10.0 Å². The fourth-order valence-electron chi connectivity index (χ4n) is 0.774. The number of hydrogen-bond donors (Lipinski definition) is 1. The van der Waals surface area contributed by atoms with Crippen molar-refractivity contribution in [2.75, 3.05) is 13.2 Å². The molecule has 0 spiro atoms. The molecule has 0 aromatic carbocycles. The van der Waals surface area contributed by atoms with Crippen LogP contribution in [0, 0.1) is 0 Å². The number of carbonyl (C=O) groups excluding carboxylic acids is 1. The molecular formula is C7H10N2O4S2. The van der Waals surface area contributed by atoms with Gasteiger partial charge < -0.3 is 4.74 Å². The lowest BCUT2D eigenvalue weighted by Crippen LogP contribution is -2.30. The minimum absolute atomic E-state index is 0.0757. The summed E-state index contributed by atoms with van der Waals surface area (Å²) in [5, 5.41) is 0. The number of ether oxygens (including phenoxy) is 1. The molecule has 0 aliphatic rings. The van der Waals surface area contributed by atoms with E-state index in [0.717, 1.165) is 11.3 Å². The summed E-state index contributed by atoms with van der Waals surface area (Å²) >= 11 is 0.981. The van der Waals surface area contributed by atoms with Gasteiger partial charge in [0, 0.05) is 0 Å². The van der Waals surface area contributed by atoms with Crippen LogP contribution in [-0.4, -0.2) is 32.5 Å². The van der Waals surface area contributed by atoms with Gasteiger partial charge in [-0.15, -0.1) is 11.3 Å². The zero-order chi connectivity index (χ0) is 11.3. The molecule has 1 rings (SSSR count). The van der Waals surface area contributed by atoms with Gasteiger partial charge >= 0.3 is 5.97 Å². The van der Waals surface area contributed by atoms with Gasteiger partial charge in [0.2, 0.25) is 0 Å². The summed E-state index contributed by atoms with van der Waals surface area (Å²) in [6.45, 7) is 1.50. The Morgan fingerprint density at radius 3 is 2.93 bits per heavy atom. The standard InChI is InChI=1S/C7H10N2O4S2/c1-2-13-6(10)3-9-15(11,12)7-4-8-5-14-7/h4-5,9H,2-3H2,1H3. The third kappa shape index (κ3) is 3.57. The van der Waals surface area contributed by atoms with Crippen LogP contribution in [0.2, 0.25) is 0 Å². The monoisotopic (exact) mass is 250 g/mol. The van der Waals surface area contributed by atoms with Crippen molar-refractivity contribution in [2.24, 2.45) is 0 Å². The Bertz CT molecular complexity index is 412. The van der Waals surface area contributed by atoms with Gasteiger partial charge in [0.1, 0.15) is 6.54 Å². The molecule has 1 aromatic heterocycles. The number of aromatic nitrogens is 1. The van der Waals surface area contributed by atoms with Gasteiger partial charge in [-0.3, -0.25) is 9.78 Å². The van der Waals surface area contributed by atoms with Gasteiger partial charge in [-0.25, -0.2) is 8.42 Å². The second kappa shape index (κ2) is 5.19. The molecule has 0 fully saturated rings. The lowest BCUT2D eigenvalue weighted by Gasteiger charge is -2.03. The van der Waals surface area contributed by atoms with Crippen molar-refractivity contribution in [1.82, 2.24) is 9.71 Å². The van der Waals surface area contributed by atoms with Crippen LogP contribution < -0.4 is 4.72 Å². The Kier molecular flexibility index (Phi) is 4.18.